The molecule has 2 heterocycles. The minimum Gasteiger partial charge on any atom is -0.328 e. The SMILES string of the molecule is CCn1c(CCC2CCNCC2)nc2cc(C)ccc21. The number of hydrogen-bond acceptors (Lipinski definition) is 2. The summed E-state index contributed by atoms with van der Waals surface area (Å²) in [7, 11) is 0. The molecule has 20 heavy (non-hydrogen) atoms. The number of aromatic nitrogens is 2. The van der Waals surface area contributed by atoms with E-state index < -0.39 is 0 Å². The first-order valence-corrected chi connectivity index (χ1v) is 7.94. The van der Waals surface area contributed by atoms with Gasteiger partial charge in [0.25, 0.3) is 0 Å². The first-order chi connectivity index (χ1) is 9.78. The number of imidazole rings is 1. The predicted octanol–water partition coefficient (Wildman–Crippen LogP) is 3.30. The molecule has 0 spiro atoms. The van der Waals surface area contributed by atoms with Gasteiger partial charge in [-0.3, -0.25) is 0 Å². The van der Waals surface area contributed by atoms with Crippen LogP contribution in [0, 0.1) is 12.8 Å². The van der Waals surface area contributed by atoms with Crippen LogP contribution in [0.1, 0.15) is 37.6 Å². The van der Waals surface area contributed by atoms with E-state index in [-0.39, 0.29) is 0 Å². The molecule has 0 atom stereocenters. The summed E-state index contributed by atoms with van der Waals surface area (Å²) in [6.07, 6.45) is 5.05. The largest absolute Gasteiger partial charge is 0.328 e. The second-order valence-electron chi connectivity index (χ2n) is 6.00. The van der Waals surface area contributed by atoms with Crippen molar-refractivity contribution in [2.45, 2.75) is 46.1 Å². The Labute approximate surface area is 121 Å². The molecule has 0 radical (unpaired) electrons. The van der Waals surface area contributed by atoms with Gasteiger partial charge in [-0.1, -0.05) is 6.07 Å². The Balaban J connectivity index is 1.79. The van der Waals surface area contributed by atoms with E-state index in [1.807, 2.05) is 0 Å². The van der Waals surface area contributed by atoms with E-state index in [1.54, 1.807) is 0 Å². The van der Waals surface area contributed by atoms with Gasteiger partial charge in [-0.15, -0.1) is 0 Å². The average Bonchev–Trinajstić information content (AvgIpc) is 2.82. The number of aryl methyl sites for hydroxylation is 3. The number of benzene rings is 1. The van der Waals surface area contributed by atoms with Gasteiger partial charge in [-0.2, -0.15) is 0 Å². The molecule has 1 N–H and O–H groups in total. The summed E-state index contributed by atoms with van der Waals surface area (Å²) >= 11 is 0. The first-order valence-electron chi connectivity index (χ1n) is 7.94. The lowest BCUT2D eigenvalue weighted by molar-refractivity contribution is 0.351. The Morgan fingerprint density at radius 1 is 1.30 bits per heavy atom. The zero-order valence-corrected chi connectivity index (χ0v) is 12.7. The van der Waals surface area contributed by atoms with Crippen molar-refractivity contribution in [3.63, 3.8) is 0 Å². The molecule has 108 valence electrons. The van der Waals surface area contributed by atoms with Gasteiger partial charge in [0.2, 0.25) is 0 Å². The topological polar surface area (TPSA) is 29.9 Å². The lowest BCUT2D eigenvalue weighted by Crippen LogP contribution is -2.28. The lowest BCUT2D eigenvalue weighted by atomic mass is 9.93. The standard InChI is InChI=1S/C17H25N3/c1-3-20-16-6-4-13(2)12-15(16)19-17(20)7-5-14-8-10-18-11-9-14/h4,6,12,14,18H,3,5,7-11H2,1-2H3. The van der Waals surface area contributed by atoms with Crippen LogP contribution in [0.15, 0.2) is 18.2 Å². The number of fused-ring (bicyclic) bond motifs is 1. The van der Waals surface area contributed by atoms with Crippen molar-refractivity contribution in [3.05, 3.63) is 29.6 Å². The van der Waals surface area contributed by atoms with E-state index in [0.717, 1.165) is 24.4 Å². The highest BCUT2D eigenvalue weighted by molar-refractivity contribution is 5.76. The molecule has 1 aromatic carbocycles. The van der Waals surface area contributed by atoms with Crippen molar-refractivity contribution in [3.8, 4) is 0 Å². The van der Waals surface area contributed by atoms with Gasteiger partial charge in [-0.05, 0) is 69.8 Å². The van der Waals surface area contributed by atoms with Crippen LogP contribution in [0.2, 0.25) is 0 Å². The molecule has 0 aliphatic carbocycles. The van der Waals surface area contributed by atoms with Gasteiger partial charge in [0.15, 0.2) is 0 Å². The van der Waals surface area contributed by atoms with Gasteiger partial charge in [0.05, 0.1) is 11.0 Å². The number of hydrogen-bond donors (Lipinski definition) is 1. The molecule has 1 aromatic heterocycles. The summed E-state index contributed by atoms with van der Waals surface area (Å²) in [4.78, 5) is 4.88. The van der Waals surface area contributed by atoms with Crippen LogP contribution in [-0.2, 0) is 13.0 Å². The van der Waals surface area contributed by atoms with Crippen LogP contribution in [-0.4, -0.2) is 22.6 Å². The van der Waals surface area contributed by atoms with Gasteiger partial charge in [0.1, 0.15) is 5.82 Å². The Hall–Kier alpha value is -1.35. The molecular weight excluding hydrogens is 246 g/mol. The van der Waals surface area contributed by atoms with Crippen molar-refractivity contribution in [1.29, 1.82) is 0 Å². The molecule has 0 bridgehead atoms. The second-order valence-corrected chi connectivity index (χ2v) is 6.00. The van der Waals surface area contributed by atoms with Crippen LogP contribution in [0.4, 0.5) is 0 Å². The average molecular weight is 271 g/mol. The molecule has 3 heteroatoms. The summed E-state index contributed by atoms with van der Waals surface area (Å²) in [6.45, 7) is 7.75. The smallest absolute Gasteiger partial charge is 0.109 e. The molecule has 0 unspecified atom stereocenters. The molecular formula is C17H25N3. The number of nitrogens with zero attached hydrogens (tertiary/aromatic N) is 2. The van der Waals surface area contributed by atoms with Crippen molar-refractivity contribution >= 4 is 11.0 Å². The Bertz CT molecular complexity index is 579. The lowest BCUT2D eigenvalue weighted by Gasteiger charge is -2.22. The third-order valence-corrected chi connectivity index (χ3v) is 4.53. The molecule has 1 aliphatic heterocycles. The minimum absolute atomic E-state index is 0.878. The Kier molecular flexibility index (Phi) is 4.06. The predicted molar refractivity (Wildman–Crippen MR) is 84.1 cm³/mol. The molecule has 3 rings (SSSR count). The second kappa shape index (κ2) is 5.96. The van der Waals surface area contributed by atoms with Crippen LogP contribution in [0.3, 0.4) is 0 Å². The first kappa shape index (κ1) is 13.6. The summed E-state index contributed by atoms with van der Waals surface area (Å²) in [5.41, 5.74) is 3.74. The molecule has 1 fully saturated rings. The van der Waals surface area contributed by atoms with Gasteiger partial charge in [-0.25, -0.2) is 4.98 Å². The quantitative estimate of drug-likeness (QED) is 0.924. The van der Waals surface area contributed by atoms with Gasteiger partial charge < -0.3 is 9.88 Å². The third-order valence-electron chi connectivity index (χ3n) is 4.53. The zero-order valence-electron chi connectivity index (χ0n) is 12.7. The monoisotopic (exact) mass is 271 g/mol. The van der Waals surface area contributed by atoms with Gasteiger partial charge in [0, 0.05) is 13.0 Å². The fraction of sp³-hybridized carbons (Fsp3) is 0.588. The van der Waals surface area contributed by atoms with Crippen LogP contribution < -0.4 is 5.32 Å². The van der Waals surface area contributed by atoms with Crippen molar-refractivity contribution in [1.82, 2.24) is 14.9 Å². The molecule has 1 aliphatic rings. The van der Waals surface area contributed by atoms with E-state index in [4.69, 9.17) is 4.98 Å². The number of piperidine rings is 1. The van der Waals surface area contributed by atoms with E-state index in [1.165, 1.54) is 49.3 Å². The Morgan fingerprint density at radius 2 is 2.10 bits per heavy atom. The van der Waals surface area contributed by atoms with Crippen molar-refractivity contribution in [2.75, 3.05) is 13.1 Å². The highest BCUT2D eigenvalue weighted by atomic mass is 15.1. The highest BCUT2D eigenvalue weighted by Crippen LogP contribution is 2.22. The number of rotatable bonds is 4. The molecule has 2 aromatic rings. The van der Waals surface area contributed by atoms with Crippen molar-refractivity contribution in [2.24, 2.45) is 5.92 Å². The maximum Gasteiger partial charge on any atom is 0.109 e. The fourth-order valence-corrected chi connectivity index (χ4v) is 3.34. The van der Waals surface area contributed by atoms with E-state index in [2.05, 4.69) is 41.9 Å². The zero-order chi connectivity index (χ0) is 13.9. The fourth-order valence-electron chi connectivity index (χ4n) is 3.34. The summed E-state index contributed by atoms with van der Waals surface area (Å²) in [6, 6.07) is 6.61. The van der Waals surface area contributed by atoms with Crippen LogP contribution in [0.25, 0.3) is 11.0 Å². The normalized spacial score (nSPS) is 16.9. The molecule has 0 amide bonds. The summed E-state index contributed by atoms with van der Waals surface area (Å²) in [5, 5.41) is 3.44. The highest BCUT2D eigenvalue weighted by Gasteiger charge is 2.15. The van der Waals surface area contributed by atoms with Crippen LogP contribution >= 0.6 is 0 Å². The minimum atomic E-state index is 0.878. The maximum atomic E-state index is 4.88. The van der Waals surface area contributed by atoms with E-state index >= 15 is 0 Å². The summed E-state index contributed by atoms with van der Waals surface area (Å²) < 4.78 is 2.38. The molecule has 0 saturated carbocycles. The van der Waals surface area contributed by atoms with Gasteiger partial charge >= 0.3 is 0 Å². The van der Waals surface area contributed by atoms with Crippen molar-refractivity contribution < 1.29 is 0 Å². The van der Waals surface area contributed by atoms with E-state index in [0.29, 0.717) is 0 Å². The number of nitrogens with one attached hydrogen (secondary N) is 1. The van der Waals surface area contributed by atoms with E-state index in [9.17, 15) is 0 Å². The van der Waals surface area contributed by atoms with Crippen LogP contribution in [0.5, 0.6) is 0 Å². The molecule has 1 saturated heterocycles. The third kappa shape index (κ3) is 2.73. The molecule has 3 nitrogen and oxygen atoms in total. The summed E-state index contributed by atoms with van der Waals surface area (Å²) in [5.74, 6) is 2.15. The Morgan fingerprint density at radius 3 is 2.85 bits per heavy atom. The maximum absolute atomic E-state index is 4.88.